The molecule has 0 aromatic carbocycles. The predicted octanol–water partition coefficient (Wildman–Crippen LogP) is 1.35. The Kier molecular flexibility index (Phi) is 6.01. The van der Waals surface area contributed by atoms with Crippen LogP contribution in [0.25, 0.3) is 0 Å². The fourth-order valence-electron chi connectivity index (χ4n) is 1.55. The molecule has 0 aliphatic heterocycles. The Bertz CT molecular complexity index is 501. The minimum atomic E-state index is -0.436. The van der Waals surface area contributed by atoms with E-state index in [0.29, 0.717) is 16.7 Å². The number of nitrogens with zero attached hydrogens (tertiary/aromatic N) is 2. The predicted molar refractivity (Wildman–Crippen MR) is 78.3 cm³/mol. The van der Waals surface area contributed by atoms with Crippen LogP contribution in [0.4, 0.5) is 5.69 Å². The summed E-state index contributed by atoms with van der Waals surface area (Å²) in [5.74, 6) is -0.151. The van der Waals surface area contributed by atoms with Gasteiger partial charge in [0.15, 0.2) is 0 Å². The Balaban J connectivity index is 2.90. The summed E-state index contributed by atoms with van der Waals surface area (Å²) in [5, 5.41) is 9.58. The van der Waals surface area contributed by atoms with Gasteiger partial charge >= 0.3 is 0 Å². The maximum atomic E-state index is 12.0. The zero-order valence-corrected chi connectivity index (χ0v) is 13.0. The van der Waals surface area contributed by atoms with Crippen LogP contribution in [-0.4, -0.2) is 28.8 Å². The molecule has 1 rings (SSSR count). The molecule has 0 aliphatic rings. The van der Waals surface area contributed by atoms with Gasteiger partial charge in [0.1, 0.15) is 10.5 Å². The first kappa shape index (κ1) is 15.7. The molecule has 0 saturated heterocycles. The van der Waals surface area contributed by atoms with Gasteiger partial charge in [-0.2, -0.15) is 5.10 Å². The molecule has 1 aromatic heterocycles. The Labute approximate surface area is 120 Å². The number of hydrogen-bond donors (Lipinski definition) is 2. The topological polar surface area (TPSA) is 76.0 Å². The summed E-state index contributed by atoms with van der Waals surface area (Å²) in [6, 6.07) is -0.436. The molecular formula is C12H19BrN4O2. The molecule has 0 radical (unpaired) electrons. The van der Waals surface area contributed by atoms with Crippen molar-refractivity contribution in [2.24, 2.45) is 0 Å². The van der Waals surface area contributed by atoms with Gasteiger partial charge in [0.2, 0.25) is 5.91 Å². The van der Waals surface area contributed by atoms with E-state index >= 15 is 0 Å². The third-order valence-electron chi connectivity index (χ3n) is 2.72. The van der Waals surface area contributed by atoms with E-state index in [-0.39, 0.29) is 11.5 Å². The Morgan fingerprint density at radius 1 is 1.58 bits per heavy atom. The second-order valence-electron chi connectivity index (χ2n) is 4.23. The number of carbonyl (C=O) groups excluding carboxylic acids is 1. The lowest BCUT2D eigenvalue weighted by molar-refractivity contribution is -0.121. The summed E-state index contributed by atoms with van der Waals surface area (Å²) in [5.41, 5.74) is 0.330. The Morgan fingerprint density at radius 2 is 2.26 bits per heavy atom. The van der Waals surface area contributed by atoms with Gasteiger partial charge in [-0.05, 0) is 29.3 Å². The van der Waals surface area contributed by atoms with Crippen molar-refractivity contribution in [2.75, 3.05) is 12.4 Å². The van der Waals surface area contributed by atoms with E-state index in [9.17, 15) is 9.59 Å². The first-order chi connectivity index (χ1) is 9.01. The van der Waals surface area contributed by atoms with E-state index in [1.165, 1.54) is 4.68 Å². The van der Waals surface area contributed by atoms with Crippen molar-refractivity contribution < 1.29 is 4.79 Å². The first-order valence-electron chi connectivity index (χ1n) is 6.25. The summed E-state index contributed by atoms with van der Waals surface area (Å²) < 4.78 is 1.82. The van der Waals surface area contributed by atoms with E-state index in [0.717, 1.165) is 12.8 Å². The number of unbranched alkanes of at least 4 members (excludes halogenated alkanes) is 1. The third-order valence-corrected chi connectivity index (χ3v) is 3.49. The number of aryl methyl sites for hydroxylation is 1. The summed E-state index contributed by atoms with van der Waals surface area (Å²) in [4.78, 5) is 23.5. The average molecular weight is 331 g/mol. The number of amides is 1. The minimum Gasteiger partial charge on any atom is -0.372 e. The standard InChI is InChI=1S/C12H19BrN4O2/c1-4-5-6-17-12(19)10(13)9(7-15-17)16-8(2)11(18)14-3/h7-8,16H,4-6H2,1-3H3,(H,14,18). The summed E-state index contributed by atoms with van der Waals surface area (Å²) >= 11 is 3.25. The zero-order valence-electron chi connectivity index (χ0n) is 11.4. The zero-order chi connectivity index (χ0) is 14.4. The lowest BCUT2D eigenvalue weighted by Crippen LogP contribution is -2.36. The van der Waals surface area contributed by atoms with Crippen molar-refractivity contribution in [3.05, 3.63) is 21.0 Å². The molecule has 1 unspecified atom stereocenters. The van der Waals surface area contributed by atoms with Gasteiger partial charge in [-0.3, -0.25) is 9.59 Å². The van der Waals surface area contributed by atoms with Crippen molar-refractivity contribution in [1.82, 2.24) is 15.1 Å². The van der Waals surface area contributed by atoms with E-state index < -0.39 is 6.04 Å². The van der Waals surface area contributed by atoms with Crippen LogP contribution in [0.1, 0.15) is 26.7 Å². The van der Waals surface area contributed by atoms with Crippen molar-refractivity contribution >= 4 is 27.5 Å². The van der Waals surface area contributed by atoms with Gasteiger partial charge in [-0.25, -0.2) is 4.68 Å². The summed E-state index contributed by atoms with van der Waals surface area (Å²) in [6.45, 7) is 4.37. The molecular weight excluding hydrogens is 312 g/mol. The molecule has 1 heterocycles. The molecule has 19 heavy (non-hydrogen) atoms. The van der Waals surface area contributed by atoms with Crippen molar-refractivity contribution in [2.45, 2.75) is 39.3 Å². The number of halogens is 1. The summed E-state index contributed by atoms with van der Waals surface area (Å²) in [6.07, 6.45) is 3.46. The molecule has 7 heteroatoms. The molecule has 0 bridgehead atoms. The van der Waals surface area contributed by atoms with E-state index in [1.54, 1.807) is 20.2 Å². The van der Waals surface area contributed by atoms with Gasteiger partial charge in [-0.1, -0.05) is 13.3 Å². The van der Waals surface area contributed by atoms with E-state index in [2.05, 4.69) is 38.6 Å². The van der Waals surface area contributed by atoms with Gasteiger partial charge in [0.25, 0.3) is 5.56 Å². The highest BCUT2D eigenvalue weighted by atomic mass is 79.9. The largest absolute Gasteiger partial charge is 0.372 e. The lowest BCUT2D eigenvalue weighted by atomic mass is 10.3. The fourth-order valence-corrected chi connectivity index (χ4v) is 1.97. The van der Waals surface area contributed by atoms with Crippen LogP contribution in [0.5, 0.6) is 0 Å². The Hall–Kier alpha value is -1.37. The maximum Gasteiger partial charge on any atom is 0.283 e. The second kappa shape index (κ2) is 7.28. The molecule has 1 amide bonds. The van der Waals surface area contributed by atoms with Gasteiger partial charge in [0.05, 0.1) is 11.9 Å². The normalized spacial score (nSPS) is 12.0. The van der Waals surface area contributed by atoms with Crippen molar-refractivity contribution in [3.8, 4) is 0 Å². The quantitative estimate of drug-likeness (QED) is 0.825. The molecule has 0 spiro atoms. The molecule has 2 N–H and O–H groups in total. The fraction of sp³-hybridized carbons (Fsp3) is 0.583. The number of carbonyl (C=O) groups is 1. The van der Waals surface area contributed by atoms with Crippen molar-refractivity contribution in [1.29, 1.82) is 0 Å². The molecule has 0 fully saturated rings. The van der Waals surface area contributed by atoms with Crippen LogP contribution < -0.4 is 16.2 Å². The van der Waals surface area contributed by atoms with Gasteiger partial charge in [0, 0.05) is 13.6 Å². The highest BCUT2D eigenvalue weighted by Crippen LogP contribution is 2.17. The highest BCUT2D eigenvalue weighted by molar-refractivity contribution is 9.10. The van der Waals surface area contributed by atoms with Gasteiger partial charge < -0.3 is 10.6 Å². The van der Waals surface area contributed by atoms with Crippen LogP contribution in [-0.2, 0) is 11.3 Å². The highest BCUT2D eigenvalue weighted by Gasteiger charge is 2.14. The third kappa shape index (κ3) is 4.05. The average Bonchev–Trinajstić information content (AvgIpc) is 2.42. The van der Waals surface area contributed by atoms with Crippen LogP contribution in [0, 0.1) is 0 Å². The minimum absolute atomic E-state index is 0.151. The molecule has 106 valence electrons. The molecule has 1 aromatic rings. The first-order valence-corrected chi connectivity index (χ1v) is 7.04. The molecule has 0 aliphatic carbocycles. The number of rotatable bonds is 6. The molecule has 0 saturated carbocycles. The number of nitrogens with one attached hydrogen (secondary N) is 2. The lowest BCUT2D eigenvalue weighted by Gasteiger charge is -2.15. The van der Waals surface area contributed by atoms with E-state index in [4.69, 9.17) is 0 Å². The molecule has 6 nitrogen and oxygen atoms in total. The summed E-state index contributed by atoms with van der Waals surface area (Å²) in [7, 11) is 1.57. The second-order valence-corrected chi connectivity index (χ2v) is 5.03. The van der Waals surface area contributed by atoms with Crippen LogP contribution in [0.3, 0.4) is 0 Å². The maximum absolute atomic E-state index is 12.0. The Morgan fingerprint density at radius 3 is 2.84 bits per heavy atom. The van der Waals surface area contributed by atoms with Crippen LogP contribution in [0.2, 0.25) is 0 Å². The smallest absolute Gasteiger partial charge is 0.283 e. The van der Waals surface area contributed by atoms with Crippen LogP contribution in [0.15, 0.2) is 15.5 Å². The number of likely N-dealkylation sites (N-methyl/N-ethyl adjacent to an activating group) is 1. The van der Waals surface area contributed by atoms with Crippen molar-refractivity contribution in [3.63, 3.8) is 0 Å². The van der Waals surface area contributed by atoms with Crippen LogP contribution >= 0.6 is 15.9 Å². The number of aromatic nitrogens is 2. The SMILES string of the molecule is CCCCn1ncc(NC(C)C(=O)NC)c(Br)c1=O. The monoisotopic (exact) mass is 330 g/mol. The van der Waals surface area contributed by atoms with E-state index in [1.807, 2.05) is 0 Å². The molecule has 1 atom stereocenters. The van der Waals surface area contributed by atoms with Gasteiger partial charge in [-0.15, -0.1) is 0 Å². The number of hydrogen-bond acceptors (Lipinski definition) is 4. The number of anilines is 1.